The van der Waals surface area contributed by atoms with Crippen molar-refractivity contribution in [1.82, 2.24) is 4.90 Å². The number of allylic oxidation sites excluding steroid dienone is 1. The number of anilines is 1. The Morgan fingerprint density at radius 2 is 1.95 bits per heavy atom. The number of aliphatic hydroxyl groups excluding tert-OH is 1. The van der Waals surface area contributed by atoms with Gasteiger partial charge in [-0.25, -0.2) is 0 Å². The number of carbonyl (C=O) groups excluding carboxylic acids is 3. The molecular formula is C28H33ClN2O5S. The van der Waals surface area contributed by atoms with E-state index in [9.17, 15) is 19.5 Å². The summed E-state index contributed by atoms with van der Waals surface area (Å²) >= 11 is 7.62. The zero-order chi connectivity index (χ0) is 26.3. The van der Waals surface area contributed by atoms with E-state index in [0.29, 0.717) is 23.9 Å². The van der Waals surface area contributed by atoms with E-state index in [1.165, 1.54) is 11.8 Å². The van der Waals surface area contributed by atoms with E-state index in [1.54, 1.807) is 34.1 Å². The van der Waals surface area contributed by atoms with E-state index in [2.05, 4.69) is 6.08 Å². The first kappa shape index (κ1) is 26.3. The second-order valence-corrected chi connectivity index (χ2v) is 12.2. The van der Waals surface area contributed by atoms with Gasteiger partial charge in [0.05, 0.1) is 35.8 Å². The number of halogens is 1. The number of benzene rings is 1. The minimum absolute atomic E-state index is 0.0398. The van der Waals surface area contributed by atoms with E-state index < -0.39 is 28.7 Å². The maximum atomic E-state index is 14.4. The second-order valence-electron chi connectivity index (χ2n) is 10.3. The summed E-state index contributed by atoms with van der Waals surface area (Å²) in [6.45, 7) is 4.36. The monoisotopic (exact) mass is 544 g/mol. The normalized spacial score (nSPS) is 33.9. The summed E-state index contributed by atoms with van der Waals surface area (Å²) in [6, 6.07) is 5.65. The largest absolute Gasteiger partial charge is 0.465 e. The molecule has 198 valence electrons. The summed E-state index contributed by atoms with van der Waals surface area (Å²) < 4.78 is 4.67. The van der Waals surface area contributed by atoms with Gasteiger partial charge in [-0.1, -0.05) is 56.2 Å². The van der Waals surface area contributed by atoms with Crippen molar-refractivity contribution < 1.29 is 24.2 Å². The Labute approximate surface area is 226 Å². The molecule has 2 saturated heterocycles. The lowest BCUT2D eigenvalue weighted by Gasteiger charge is -2.40. The molecule has 7 atom stereocenters. The van der Waals surface area contributed by atoms with Crippen molar-refractivity contribution in [3.8, 4) is 0 Å². The Hall–Kier alpha value is -2.29. The molecule has 7 nitrogen and oxygen atoms in total. The minimum atomic E-state index is -0.950. The van der Waals surface area contributed by atoms with Crippen LogP contribution in [0, 0.1) is 17.8 Å². The first-order valence-corrected chi connectivity index (χ1v) is 14.3. The lowest BCUT2D eigenvalue weighted by atomic mass is 9.78. The average molecular weight is 545 g/mol. The number of fused-ring (bicyclic) bond motifs is 2. The Morgan fingerprint density at radius 3 is 2.65 bits per heavy atom. The van der Waals surface area contributed by atoms with Crippen molar-refractivity contribution in [3.05, 3.63) is 53.6 Å². The molecule has 1 spiro atoms. The number of cyclic esters (lactones) is 1. The molecule has 9 heteroatoms. The highest BCUT2D eigenvalue weighted by molar-refractivity contribution is 8.02. The zero-order valence-corrected chi connectivity index (χ0v) is 22.7. The van der Waals surface area contributed by atoms with Crippen molar-refractivity contribution in [2.45, 2.75) is 55.2 Å². The van der Waals surface area contributed by atoms with E-state index >= 15 is 0 Å². The summed E-state index contributed by atoms with van der Waals surface area (Å²) in [4.78, 5) is 45.4. The predicted octanol–water partition coefficient (Wildman–Crippen LogP) is 3.84. The van der Waals surface area contributed by atoms with E-state index in [1.807, 2.05) is 32.1 Å². The molecule has 4 aliphatic heterocycles. The number of likely N-dealkylation sites (tertiary alicyclic amines) is 1. The topological polar surface area (TPSA) is 87.2 Å². The van der Waals surface area contributed by atoms with Crippen molar-refractivity contribution in [2.24, 2.45) is 17.8 Å². The molecule has 0 aliphatic carbocycles. The maximum absolute atomic E-state index is 14.4. The molecule has 0 saturated carbocycles. The fourth-order valence-electron chi connectivity index (χ4n) is 6.22. The summed E-state index contributed by atoms with van der Waals surface area (Å²) in [6.07, 6.45) is 10.2. The van der Waals surface area contributed by atoms with Gasteiger partial charge in [0.25, 0.3) is 5.91 Å². The van der Waals surface area contributed by atoms with Gasteiger partial charge < -0.3 is 19.6 Å². The average Bonchev–Trinajstić information content (AvgIpc) is 3.30. The molecule has 5 rings (SSSR count). The SMILES string of the molecule is CC[C@H](C)[C@H](CO)N1C(=O)[C@@H]2[C@H]3C(=O)OCCC/C=C\[C@H]3S[C@@]23C=CCN(c2ccc(Cl)cc2)C(=O)C13. The van der Waals surface area contributed by atoms with Crippen molar-refractivity contribution in [1.29, 1.82) is 0 Å². The fraction of sp³-hybridized carbons (Fsp3) is 0.536. The molecule has 37 heavy (non-hydrogen) atoms. The van der Waals surface area contributed by atoms with Crippen LogP contribution in [0.3, 0.4) is 0 Å². The lowest BCUT2D eigenvalue weighted by molar-refractivity contribution is -0.153. The standard InChI is InChI=1S/C28H33ClN2O5S/c1-3-17(2)20(16-32)31-24-26(34)30(19-11-9-18(29)10-12-19)14-7-13-28(24)23(25(31)33)22-21(37-28)8-5-4-6-15-36-27(22)35/h5,7-13,17,20-24,32H,3-4,6,14-16H2,1-2H3/b8-5-/t17-,20-,21+,22-,23-,24?,28-/m0/s1. The number of ether oxygens (including phenoxy) is 1. The number of nitrogens with zero attached hydrogens (tertiary/aromatic N) is 2. The van der Waals surface area contributed by atoms with Gasteiger partial charge in [0.15, 0.2) is 0 Å². The highest BCUT2D eigenvalue weighted by Gasteiger charge is 2.72. The fourth-order valence-corrected chi connectivity index (χ4v) is 8.33. The van der Waals surface area contributed by atoms with Gasteiger partial charge in [0, 0.05) is 22.5 Å². The number of rotatable bonds is 5. The van der Waals surface area contributed by atoms with Gasteiger partial charge in [-0.3, -0.25) is 14.4 Å². The number of hydrogen-bond donors (Lipinski definition) is 1. The Bertz CT molecular complexity index is 1120. The number of carbonyl (C=O) groups is 3. The quantitative estimate of drug-likeness (QED) is 0.448. The molecule has 1 N–H and O–H groups in total. The molecule has 0 bridgehead atoms. The number of amides is 2. The van der Waals surface area contributed by atoms with Gasteiger partial charge >= 0.3 is 5.97 Å². The van der Waals surface area contributed by atoms with Gasteiger partial charge in [-0.2, -0.15) is 0 Å². The summed E-state index contributed by atoms with van der Waals surface area (Å²) in [5, 5.41) is 10.8. The third kappa shape index (κ3) is 4.31. The lowest BCUT2D eigenvalue weighted by Crippen LogP contribution is -2.58. The van der Waals surface area contributed by atoms with Crippen LogP contribution in [0.4, 0.5) is 5.69 Å². The molecule has 2 fully saturated rings. The number of aliphatic hydroxyl groups is 1. The zero-order valence-electron chi connectivity index (χ0n) is 21.1. The van der Waals surface area contributed by atoms with Crippen LogP contribution in [-0.4, -0.2) is 69.6 Å². The van der Waals surface area contributed by atoms with Gasteiger partial charge in [-0.15, -0.1) is 11.8 Å². The molecule has 1 unspecified atom stereocenters. The van der Waals surface area contributed by atoms with Crippen LogP contribution in [0.5, 0.6) is 0 Å². The highest BCUT2D eigenvalue weighted by atomic mass is 35.5. The minimum Gasteiger partial charge on any atom is -0.465 e. The maximum Gasteiger partial charge on any atom is 0.311 e. The van der Waals surface area contributed by atoms with Crippen molar-refractivity contribution in [2.75, 3.05) is 24.7 Å². The van der Waals surface area contributed by atoms with Crippen LogP contribution in [0.25, 0.3) is 0 Å². The Balaban J connectivity index is 1.65. The molecule has 4 heterocycles. The number of thioether (sulfide) groups is 1. The van der Waals surface area contributed by atoms with Crippen LogP contribution in [0.2, 0.25) is 5.02 Å². The van der Waals surface area contributed by atoms with Crippen molar-refractivity contribution in [3.63, 3.8) is 0 Å². The Kier molecular flexibility index (Phi) is 7.44. The summed E-state index contributed by atoms with van der Waals surface area (Å²) in [5.41, 5.74) is 0.681. The third-order valence-corrected chi connectivity index (χ3v) is 10.3. The second kappa shape index (κ2) is 10.5. The van der Waals surface area contributed by atoms with E-state index in [-0.39, 0.29) is 35.6 Å². The first-order valence-electron chi connectivity index (χ1n) is 13.0. The number of esters is 1. The smallest absolute Gasteiger partial charge is 0.311 e. The molecule has 0 aromatic heterocycles. The molecule has 0 radical (unpaired) electrons. The van der Waals surface area contributed by atoms with Crippen LogP contribution in [-0.2, 0) is 19.1 Å². The van der Waals surface area contributed by atoms with Crippen LogP contribution < -0.4 is 4.90 Å². The van der Waals surface area contributed by atoms with E-state index in [0.717, 1.165) is 19.3 Å². The van der Waals surface area contributed by atoms with Crippen LogP contribution in [0.15, 0.2) is 48.6 Å². The summed E-state index contributed by atoms with van der Waals surface area (Å²) in [7, 11) is 0. The predicted molar refractivity (Wildman–Crippen MR) is 144 cm³/mol. The third-order valence-electron chi connectivity index (χ3n) is 8.27. The first-order chi connectivity index (χ1) is 17.8. The van der Waals surface area contributed by atoms with Crippen LogP contribution >= 0.6 is 23.4 Å². The Morgan fingerprint density at radius 1 is 1.19 bits per heavy atom. The van der Waals surface area contributed by atoms with E-state index in [4.69, 9.17) is 16.3 Å². The van der Waals surface area contributed by atoms with Gasteiger partial charge in [-0.05, 0) is 43.0 Å². The van der Waals surface area contributed by atoms with Gasteiger partial charge in [0.2, 0.25) is 5.91 Å². The van der Waals surface area contributed by atoms with Crippen LogP contribution in [0.1, 0.15) is 33.1 Å². The molecule has 1 aromatic carbocycles. The summed E-state index contributed by atoms with van der Waals surface area (Å²) in [5.74, 6) is -2.36. The molecule has 1 aromatic rings. The molecule has 2 amide bonds. The molecule has 4 aliphatic rings. The van der Waals surface area contributed by atoms with Gasteiger partial charge in [0.1, 0.15) is 6.04 Å². The number of hydrogen-bond acceptors (Lipinski definition) is 6. The highest BCUT2D eigenvalue weighted by Crippen LogP contribution is 2.61. The van der Waals surface area contributed by atoms with Crippen molar-refractivity contribution >= 4 is 46.8 Å². The molecular weight excluding hydrogens is 512 g/mol.